The quantitative estimate of drug-likeness (QED) is 0.529. The second kappa shape index (κ2) is 7.83. The van der Waals surface area contributed by atoms with Crippen LogP contribution >= 0.6 is 0 Å². The van der Waals surface area contributed by atoms with Crippen molar-refractivity contribution in [3.05, 3.63) is 59.8 Å². The van der Waals surface area contributed by atoms with Crippen LogP contribution in [0, 0.1) is 0 Å². The maximum absolute atomic E-state index is 12.0. The molecule has 1 amide bonds. The van der Waals surface area contributed by atoms with Crippen LogP contribution in [-0.2, 0) is 17.8 Å². The highest BCUT2D eigenvalue weighted by Crippen LogP contribution is 2.24. The Hall–Kier alpha value is -2.83. The van der Waals surface area contributed by atoms with Gasteiger partial charge in [0.15, 0.2) is 6.61 Å². The summed E-state index contributed by atoms with van der Waals surface area (Å²) >= 11 is 0. The zero-order valence-electron chi connectivity index (χ0n) is 13.9. The van der Waals surface area contributed by atoms with Gasteiger partial charge in [0.05, 0.1) is 0 Å². The number of aromatic nitrogens is 1. The van der Waals surface area contributed by atoms with Crippen molar-refractivity contribution in [2.45, 2.75) is 13.0 Å². The number of carbonyl (C=O) groups excluding carboxylic acids is 1. The van der Waals surface area contributed by atoms with Crippen LogP contribution in [0.15, 0.2) is 48.7 Å². The molecular weight excluding hydrogens is 316 g/mol. The van der Waals surface area contributed by atoms with Crippen molar-refractivity contribution >= 4 is 22.5 Å². The predicted octanol–water partition coefficient (Wildman–Crippen LogP) is 2.15. The number of nitrogens with one attached hydrogen (secondary N) is 2. The fourth-order valence-corrected chi connectivity index (χ4v) is 2.68. The SMILES string of the molecule is NCCc1c[nH]c2ccc(OCC(=O)Nc3ccc(CN)cc3)cc12. The summed E-state index contributed by atoms with van der Waals surface area (Å²) in [5.41, 5.74) is 15.1. The molecule has 0 radical (unpaired) electrons. The number of ether oxygens (including phenoxy) is 1. The third-order valence-electron chi connectivity index (χ3n) is 4.00. The number of hydrogen-bond donors (Lipinski definition) is 4. The summed E-state index contributed by atoms with van der Waals surface area (Å²) in [6.07, 6.45) is 2.75. The molecule has 0 saturated carbocycles. The minimum atomic E-state index is -0.211. The van der Waals surface area contributed by atoms with Crippen LogP contribution in [0.2, 0.25) is 0 Å². The normalized spacial score (nSPS) is 10.8. The van der Waals surface area contributed by atoms with Gasteiger partial charge in [0.25, 0.3) is 5.91 Å². The van der Waals surface area contributed by atoms with Crippen LogP contribution in [-0.4, -0.2) is 24.0 Å². The molecule has 25 heavy (non-hydrogen) atoms. The van der Waals surface area contributed by atoms with Crippen LogP contribution < -0.4 is 21.5 Å². The fraction of sp³-hybridized carbons (Fsp3) is 0.211. The number of hydrogen-bond acceptors (Lipinski definition) is 4. The van der Waals surface area contributed by atoms with Gasteiger partial charge < -0.3 is 26.5 Å². The van der Waals surface area contributed by atoms with E-state index in [0.717, 1.165) is 34.1 Å². The number of anilines is 1. The highest BCUT2D eigenvalue weighted by atomic mass is 16.5. The minimum Gasteiger partial charge on any atom is -0.484 e. The first-order valence-electron chi connectivity index (χ1n) is 8.21. The second-order valence-electron chi connectivity index (χ2n) is 5.80. The molecule has 3 rings (SSSR count). The molecule has 6 N–H and O–H groups in total. The van der Waals surface area contributed by atoms with E-state index in [1.165, 1.54) is 0 Å². The van der Waals surface area contributed by atoms with E-state index in [1.54, 1.807) is 0 Å². The molecule has 1 heterocycles. The molecule has 0 aliphatic carbocycles. The molecule has 0 bridgehead atoms. The topological polar surface area (TPSA) is 106 Å². The van der Waals surface area contributed by atoms with Crippen molar-refractivity contribution in [2.75, 3.05) is 18.5 Å². The maximum Gasteiger partial charge on any atom is 0.262 e. The van der Waals surface area contributed by atoms with E-state index in [1.807, 2.05) is 48.7 Å². The summed E-state index contributed by atoms with van der Waals surface area (Å²) in [6, 6.07) is 13.1. The summed E-state index contributed by atoms with van der Waals surface area (Å²) in [4.78, 5) is 15.2. The van der Waals surface area contributed by atoms with E-state index in [4.69, 9.17) is 16.2 Å². The Morgan fingerprint density at radius 3 is 2.64 bits per heavy atom. The lowest BCUT2D eigenvalue weighted by atomic mass is 10.1. The smallest absolute Gasteiger partial charge is 0.262 e. The van der Waals surface area contributed by atoms with Gasteiger partial charge in [-0.05, 0) is 54.4 Å². The molecule has 130 valence electrons. The molecule has 3 aromatic rings. The zero-order chi connectivity index (χ0) is 17.6. The van der Waals surface area contributed by atoms with E-state index < -0.39 is 0 Å². The molecule has 1 aromatic heterocycles. The molecular formula is C19H22N4O2. The zero-order valence-corrected chi connectivity index (χ0v) is 13.9. The maximum atomic E-state index is 12.0. The van der Waals surface area contributed by atoms with Crippen LogP contribution in [0.4, 0.5) is 5.69 Å². The molecule has 0 atom stereocenters. The Morgan fingerprint density at radius 1 is 1.12 bits per heavy atom. The predicted molar refractivity (Wildman–Crippen MR) is 99.5 cm³/mol. The highest BCUT2D eigenvalue weighted by molar-refractivity contribution is 5.92. The van der Waals surface area contributed by atoms with Crippen LogP contribution in [0.25, 0.3) is 10.9 Å². The number of carbonyl (C=O) groups is 1. The first-order chi connectivity index (χ1) is 12.2. The lowest BCUT2D eigenvalue weighted by molar-refractivity contribution is -0.118. The fourth-order valence-electron chi connectivity index (χ4n) is 2.68. The third kappa shape index (κ3) is 4.17. The van der Waals surface area contributed by atoms with Crippen molar-refractivity contribution in [3.8, 4) is 5.75 Å². The largest absolute Gasteiger partial charge is 0.484 e. The Labute approximate surface area is 146 Å². The second-order valence-corrected chi connectivity index (χ2v) is 5.80. The Bertz CT molecular complexity index is 855. The van der Waals surface area contributed by atoms with Gasteiger partial charge in [-0.25, -0.2) is 0 Å². The standard InChI is InChI=1S/C19H22N4O2/c20-8-7-14-11-22-18-6-5-16(9-17(14)18)25-12-19(24)23-15-3-1-13(10-21)2-4-15/h1-6,9,11,22H,7-8,10,12,20-21H2,(H,23,24). The van der Waals surface area contributed by atoms with Gasteiger partial charge in [-0.2, -0.15) is 0 Å². The van der Waals surface area contributed by atoms with Gasteiger partial charge >= 0.3 is 0 Å². The monoisotopic (exact) mass is 338 g/mol. The molecule has 0 unspecified atom stereocenters. The van der Waals surface area contributed by atoms with Crippen molar-refractivity contribution < 1.29 is 9.53 Å². The number of benzene rings is 2. The van der Waals surface area contributed by atoms with Crippen molar-refractivity contribution in [3.63, 3.8) is 0 Å². The lowest BCUT2D eigenvalue weighted by Gasteiger charge is -2.08. The van der Waals surface area contributed by atoms with Crippen LogP contribution in [0.3, 0.4) is 0 Å². The van der Waals surface area contributed by atoms with E-state index in [0.29, 0.717) is 18.8 Å². The number of fused-ring (bicyclic) bond motifs is 1. The Morgan fingerprint density at radius 2 is 1.92 bits per heavy atom. The summed E-state index contributed by atoms with van der Waals surface area (Å²) in [5.74, 6) is 0.441. The molecule has 0 fully saturated rings. The van der Waals surface area contributed by atoms with Crippen molar-refractivity contribution in [1.29, 1.82) is 0 Å². The van der Waals surface area contributed by atoms with Gasteiger partial charge in [-0.15, -0.1) is 0 Å². The van der Waals surface area contributed by atoms with Crippen molar-refractivity contribution in [1.82, 2.24) is 4.98 Å². The first kappa shape index (κ1) is 17.0. The third-order valence-corrected chi connectivity index (χ3v) is 4.00. The summed E-state index contributed by atoms with van der Waals surface area (Å²) in [6.45, 7) is 1.01. The highest BCUT2D eigenvalue weighted by Gasteiger charge is 2.07. The van der Waals surface area contributed by atoms with Gasteiger partial charge in [0.1, 0.15) is 5.75 Å². The number of rotatable bonds is 7. The molecule has 2 aromatic carbocycles. The average Bonchev–Trinajstić information content (AvgIpc) is 3.03. The van der Waals surface area contributed by atoms with Crippen molar-refractivity contribution in [2.24, 2.45) is 11.5 Å². The Kier molecular flexibility index (Phi) is 5.33. The van der Waals surface area contributed by atoms with Gasteiger partial charge in [-0.3, -0.25) is 4.79 Å². The number of aromatic amines is 1. The summed E-state index contributed by atoms with van der Waals surface area (Å²) < 4.78 is 5.62. The molecule has 0 saturated heterocycles. The number of amides is 1. The molecule has 0 spiro atoms. The molecule has 6 heteroatoms. The van der Waals surface area contributed by atoms with Crippen LogP contribution in [0.1, 0.15) is 11.1 Å². The minimum absolute atomic E-state index is 0.0548. The number of nitrogens with two attached hydrogens (primary N) is 2. The molecule has 0 aliphatic rings. The molecule has 6 nitrogen and oxygen atoms in total. The van der Waals surface area contributed by atoms with Gasteiger partial charge in [-0.1, -0.05) is 12.1 Å². The van der Waals surface area contributed by atoms with E-state index >= 15 is 0 Å². The van der Waals surface area contributed by atoms with Gasteiger partial charge in [0, 0.05) is 29.3 Å². The Balaban J connectivity index is 1.61. The van der Waals surface area contributed by atoms with E-state index in [9.17, 15) is 4.79 Å². The molecule has 0 aliphatic heterocycles. The average molecular weight is 338 g/mol. The lowest BCUT2D eigenvalue weighted by Crippen LogP contribution is -2.20. The summed E-state index contributed by atoms with van der Waals surface area (Å²) in [7, 11) is 0. The van der Waals surface area contributed by atoms with E-state index in [2.05, 4.69) is 10.3 Å². The van der Waals surface area contributed by atoms with Crippen LogP contribution in [0.5, 0.6) is 5.75 Å². The first-order valence-corrected chi connectivity index (χ1v) is 8.21. The summed E-state index contributed by atoms with van der Waals surface area (Å²) in [5, 5.41) is 3.87. The number of H-pyrrole nitrogens is 1. The van der Waals surface area contributed by atoms with Gasteiger partial charge in [0.2, 0.25) is 0 Å². The van der Waals surface area contributed by atoms with E-state index in [-0.39, 0.29) is 12.5 Å².